The first-order valence-corrected chi connectivity index (χ1v) is 17.5. The van der Waals surface area contributed by atoms with Gasteiger partial charge in [0, 0.05) is 48.5 Å². The first kappa shape index (κ1) is 35.4. The Labute approximate surface area is 304 Å². The molecule has 53 heavy (non-hydrogen) atoms. The number of fused-ring (bicyclic) bond motifs is 2. The van der Waals surface area contributed by atoms with Crippen LogP contribution in [0.3, 0.4) is 0 Å². The third kappa shape index (κ3) is 6.29. The van der Waals surface area contributed by atoms with Gasteiger partial charge in [0.1, 0.15) is 41.8 Å². The number of imidazole rings is 1. The summed E-state index contributed by atoms with van der Waals surface area (Å²) in [5, 5.41) is 32.4. The summed E-state index contributed by atoms with van der Waals surface area (Å²) in [5.41, 5.74) is 1.49. The summed E-state index contributed by atoms with van der Waals surface area (Å²) in [4.78, 5) is 83.1. The molecule has 0 spiro atoms. The number of non-ortho nitro benzene ring substituents is 2. The lowest BCUT2D eigenvalue weighted by Gasteiger charge is -2.46. The van der Waals surface area contributed by atoms with Crippen LogP contribution in [0, 0.1) is 32.1 Å². The van der Waals surface area contributed by atoms with Crippen LogP contribution in [0.2, 0.25) is 0 Å². The second-order valence-corrected chi connectivity index (χ2v) is 14.1. The van der Waals surface area contributed by atoms with E-state index >= 15 is 0 Å². The molecular weight excluding hydrogens is 712 g/mol. The number of carbonyl (C=O) groups excluding carboxylic acids is 4. The van der Waals surface area contributed by atoms with Crippen molar-refractivity contribution in [1.82, 2.24) is 19.2 Å². The predicted octanol–water partition coefficient (Wildman–Crippen LogP) is 4.51. The molecule has 5 atom stereocenters. The van der Waals surface area contributed by atoms with Crippen LogP contribution in [0.5, 0.6) is 0 Å². The molecule has 2 fully saturated rings. The van der Waals surface area contributed by atoms with E-state index in [9.17, 15) is 44.5 Å². The number of aliphatic hydroxyl groups excluding tert-OH is 1. The lowest BCUT2D eigenvalue weighted by molar-refractivity contribution is -0.385. The highest BCUT2D eigenvalue weighted by Gasteiger charge is 2.60. The van der Waals surface area contributed by atoms with Crippen LogP contribution in [0.4, 0.5) is 16.2 Å². The Morgan fingerprint density at radius 3 is 2.19 bits per heavy atom. The van der Waals surface area contributed by atoms with Crippen molar-refractivity contribution >= 4 is 56.9 Å². The minimum Gasteiger partial charge on any atom is -0.456 e. The molecule has 7 rings (SSSR count). The molecule has 0 bridgehead atoms. The second-order valence-electron chi connectivity index (χ2n) is 13.1. The average Bonchev–Trinajstić information content (AvgIpc) is 3.92. The van der Waals surface area contributed by atoms with E-state index in [0.29, 0.717) is 39.2 Å². The van der Waals surface area contributed by atoms with Gasteiger partial charge in [0.15, 0.2) is 0 Å². The summed E-state index contributed by atoms with van der Waals surface area (Å²) >= 11 is 1.19. The zero-order valence-corrected chi connectivity index (χ0v) is 29.1. The van der Waals surface area contributed by atoms with Crippen LogP contribution in [0.25, 0.3) is 10.4 Å². The van der Waals surface area contributed by atoms with Crippen molar-refractivity contribution in [3.63, 3.8) is 0 Å². The van der Waals surface area contributed by atoms with Crippen LogP contribution >= 0.6 is 11.3 Å². The normalized spacial score (nSPS) is 21.4. The Morgan fingerprint density at radius 1 is 1.00 bits per heavy atom. The van der Waals surface area contributed by atoms with Crippen molar-refractivity contribution in [1.29, 1.82) is 0 Å². The molecule has 1 N–H and O–H groups in total. The van der Waals surface area contributed by atoms with Gasteiger partial charge in [-0.25, -0.2) is 14.6 Å². The maximum atomic E-state index is 13.9. The van der Waals surface area contributed by atoms with Crippen molar-refractivity contribution in [2.45, 2.75) is 58.1 Å². The van der Waals surface area contributed by atoms with Gasteiger partial charge in [-0.1, -0.05) is 6.92 Å². The first-order valence-electron chi connectivity index (χ1n) is 16.7. The number of amides is 2. The molecule has 0 aliphatic carbocycles. The van der Waals surface area contributed by atoms with Gasteiger partial charge in [-0.05, 0) is 55.2 Å². The summed E-state index contributed by atoms with van der Waals surface area (Å²) in [6.45, 7) is 3.31. The number of thiazole rings is 1. The largest absolute Gasteiger partial charge is 0.456 e. The second kappa shape index (κ2) is 13.8. The minimum absolute atomic E-state index is 0.0226. The van der Waals surface area contributed by atoms with Gasteiger partial charge in [0.25, 0.3) is 11.4 Å². The van der Waals surface area contributed by atoms with Gasteiger partial charge in [-0.3, -0.25) is 39.1 Å². The Hall–Kier alpha value is -6.01. The molecule has 4 aromatic rings. The summed E-state index contributed by atoms with van der Waals surface area (Å²) in [7, 11) is 0. The van der Waals surface area contributed by atoms with E-state index in [0.717, 1.165) is 0 Å². The number of hydrogen-bond acceptors (Lipinski definition) is 13. The molecule has 274 valence electrons. The molecule has 17 nitrogen and oxygen atoms in total. The van der Waals surface area contributed by atoms with Crippen molar-refractivity contribution in [2.24, 2.45) is 11.8 Å². The van der Waals surface area contributed by atoms with E-state index in [-0.39, 0.29) is 42.5 Å². The van der Waals surface area contributed by atoms with E-state index in [2.05, 4.69) is 4.98 Å². The van der Waals surface area contributed by atoms with Crippen LogP contribution < -0.4 is 0 Å². The standard InChI is InChI=1S/C35H32N6O11S/c1-18-26(30(39-29(18)27(19(2)42)32(39)44)34(45)51-15-20-5-9-22(10-6-20)40(47)48)25-14-37-17-36-28(33(37)53-25)31(43)24-4-3-13-38(24)35(46)52-16-21-7-11-23(12-8-21)41(49)50/h5-12,14,17-19,24,27,29,42H,3-4,13,15-16H2,1-2H3/t18-,19+,24-,27+,29+/m0/s1. The number of benzene rings is 2. The maximum Gasteiger partial charge on any atom is 0.410 e. The zero-order chi connectivity index (χ0) is 37.7. The Balaban J connectivity index is 1.13. The molecule has 2 aromatic carbocycles. The number of nitro benzene ring substituents is 2. The summed E-state index contributed by atoms with van der Waals surface area (Å²) < 4.78 is 12.7. The molecule has 3 aliphatic heterocycles. The Bertz CT molecular complexity index is 2190. The van der Waals surface area contributed by atoms with Crippen LogP contribution in [0.1, 0.15) is 53.2 Å². The highest BCUT2D eigenvalue weighted by molar-refractivity contribution is 7.18. The van der Waals surface area contributed by atoms with E-state index < -0.39 is 63.6 Å². The van der Waals surface area contributed by atoms with Gasteiger partial charge in [-0.15, -0.1) is 11.3 Å². The van der Waals surface area contributed by atoms with Crippen LogP contribution in [-0.2, 0) is 32.3 Å². The molecule has 18 heteroatoms. The van der Waals surface area contributed by atoms with E-state index in [1.165, 1.54) is 82.9 Å². The highest BCUT2D eigenvalue weighted by Crippen LogP contribution is 2.52. The average molecular weight is 745 g/mol. The minimum atomic E-state index is -0.967. The zero-order valence-electron chi connectivity index (χ0n) is 28.3. The number of β-lactam (4-membered cyclic amide) rings is 1. The topological polar surface area (TPSA) is 217 Å². The fourth-order valence-electron chi connectivity index (χ4n) is 7.27. The SMILES string of the molecule is C[C@@H](O)[C@H]1C(=O)N2C(C(=O)OCc3ccc([N+](=O)[O-])cc3)=C(c3cn4cnc(C(=O)[C@@H]5CCCN5C(=O)OCc5ccc([N+](=O)[O-])cc5)c4s3)[C@H](C)[C@H]12. The number of rotatable bonds is 11. The number of Topliss-reactive ketones (excluding diaryl/α,β-unsaturated/α-hetero) is 1. The van der Waals surface area contributed by atoms with Crippen LogP contribution in [0.15, 0.2) is 66.8 Å². The molecule has 0 radical (unpaired) electrons. The van der Waals surface area contributed by atoms with Crippen molar-refractivity contribution in [3.8, 4) is 0 Å². The van der Waals surface area contributed by atoms with Gasteiger partial charge in [0.05, 0.1) is 32.8 Å². The summed E-state index contributed by atoms with van der Waals surface area (Å²) in [6, 6.07) is 9.78. The molecule has 0 saturated carbocycles. The van der Waals surface area contributed by atoms with E-state index in [1.54, 1.807) is 10.6 Å². The van der Waals surface area contributed by atoms with Crippen molar-refractivity contribution < 1.29 is 43.6 Å². The molecule has 5 heterocycles. The summed E-state index contributed by atoms with van der Waals surface area (Å²) in [5.74, 6) is -2.74. The number of carbonyl (C=O) groups is 4. The molecule has 2 saturated heterocycles. The van der Waals surface area contributed by atoms with E-state index in [4.69, 9.17) is 9.47 Å². The van der Waals surface area contributed by atoms with Crippen LogP contribution in [-0.4, -0.2) is 82.6 Å². The smallest absolute Gasteiger partial charge is 0.410 e. The summed E-state index contributed by atoms with van der Waals surface area (Å²) in [6.07, 6.45) is 2.43. The van der Waals surface area contributed by atoms with Crippen molar-refractivity contribution in [2.75, 3.05) is 6.54 Å². The van der Waals surface area contributed by atoms with Gasteiger partial charge < -0.3 is 19.5 Å². The fourth-order valence-corrected chi connectivity index (χ4v) is 8.49. The Kier molecular flexibility index (Phi) is 9.25. The number of ether oxygens (including phenoxy) is 2. The van der Waals surface area contributed by atoms with Gasteiger partial charge in [0.2, 0.25) is 11.7 Å². The predicted molar refractivity (Wildman–Crippen MR) is 185 cm³/mol. The lowest BCUT2D eigenvalue weighted by Crippen LogP contribution is -2.63. The fraction of sp³-hybridized carbons (Fsp3) is 0.343. The molecule has 0 unspecified atom stereocenters. The molecule has 2 aromatic heterocycles. The third-order valence-electron chi connectivity index (χ3n) is 9.89. The van der Waals surface area contributed by atoms with Gasteiger partial charge >= 0.3 is 12.1 Å². The first-order chi connectivity index (χ1) is 25.3. The monoisotopic (exact) mass is 744 g/mol. The van der Waals surface area contributed by atoms with Crippen molar-refractivity contribution in [3.05, 3.63) is 109 Å². The number of ketones is 1. The van der Waals surface area contributed by atoms with Gasteiger partial charge in [-0.2, -0.15) is 0 Å². The lowest BCUT2D eigenvalue weighted by atomic mass is 9.77. The molecule has 2 amide bonds. The number of aliphatic hydroxyl groups is 1. The number of esters is 1. The number of aromatic nitrogens is 2. The highest BCUT2D eigenvalue weighted by atomic mass is 32.1. The Morgan fingerprint density at radius 2 is 1.60 bits per heavy atom. The quantitative estimate of drug-likeness (QED) is 0.0738. The number of likely N-dealkylation sites (tertiary alicyclic amines) is 1. The molecule has 3 aliphatic rings. The maximum absolute atomic E-state index is 13.9. The number of hydrogen-bond donors (Lipinski definition) is 1. The number of nitrogens with zero attached hydrogens (tertiary/aromatic N) is 6. The van der Waals surface area contributed by atoms with E-state index in [1.807, 2.05) is 6.92 Å². The third-order valence-corrected chi connectivity index (χ3v) is 11.0. The number of nitro groups is 2. The molecular formula is C35H32N6O11S.